The van der Waals surface area contributed by atoms with Crippen LogP contribution in [0.5, 0.6) is 0 Å². The van der Waals surface area contributed by atoms with Crippen molar-refractivity contribution in [2.45, 2.75) is 12.8 Å². The SMILES string of the molecule is COC(=O)C1=C[C@@H]2[C@H](C1)[C@H]1C[C@@H]2C=C1C(=O)OC. The molecule has 4 heteroatoms. The molecule has 2 bridgehead atoms. The minimum Gasteiger partial charge on any atom is -0.466 e. The molecule has 0 unspecified atom stereocenters. The van der Waals surface area contributed by atoms with Gasteiger partial charge in [0.05, 0.1) is 14.2 Å². The molecule has 4 atom stereocenters. The van der Waals surface area contributed by atoms with Crippen molar-refractivity contribution in [2.24, 2.45) is 23.7 Å². The van der Waals surface area contributed by atoms with Gasteiger partial charge >= 0.3 is 11.9 Å². The number of carbonyl (C=O) groups excluding carboxylic acids is 2. The van der Waals surface area contributed by atoms with Gasteiger partial charge in [0.25, 0.3) is 0 Å². The second kappa shape index (κ2) is 3.97. The summed E-state index contributed by atoms with van der Waals surface area (Å²) in [7, 11) is 2.82. The van der Waals surface area contributed by atoms with Gasteiger partial charge in [0.2, 0.25) is 0 Å². The van der Waals surface area contributed by atoms with Gasteiger partial charge in [-0.15, -0.1) is 0 Å². The lowest BCUT2D eigenvalue weighted by atomic mass is 9.81. The third kappa shape index (κ3) is 1.44. The zero-order valence-corrected chi connectivity index (χ0v) is 10.5. The fourth-order valence-corrected chi connectivity index (χ4v) is 3.80. The number of hydrogen-bond acceptors (Lipinski definition) is 4. The van der Waals surface area contributed by atoms with Crippen molar-refractivity contribution >= 4 is 11.9 Å². The van der Waals surface area contributed by atoms with Crippen molar-refractivity contribution in [3.8, 4) is 0 Å². The monoisotopic (exact) mass is 248 g/mol. The average molecular weight is 248 g/mol. The molecule has 0 amide bonds. The van der Waals surface area contributed by atoms with Gasteiger partial charge in [-0.1, -0.05) is 12.2 Å². The number of esters is 2. The van der Waals surface area contributed by atoms with E-state index in [0.717, 1.165) is 24.0 Å². The molecule has 0 saturated heterocycles. The number of allylic oxidation sites excluding steroid dienone is 2. The Hall–Kier alpha value is -1.58. The molecule has 0 aromatic rings. The number of methoxy groups -OCH3 is 2. The molecule has 3 rings (SSSR count). The van der Waals surface area contributed by atoms with Crippen LogP contribution in [0.25, 0.3) is 0 Å². The van der Waals surface area contributed by atoms with Crippen molar-refractivity contribution < 1.29 is 19.1 Å². The summed E-state index contributed by atoms with van der Waals surface area (Å²) in [4.78, 5) is 23.2. The molecule has 0 aromatic heterocycles. The van der Waals surface area contributed by atoms with Gasteiger partial charge in [0.15, 0.2) is 0 Å². The molecule has 1 fully saturated rings. The summed E-state index contributed by atoms with van der Waals surface area (Å²) in [5.41, 5.74) is 1.57. The lowest BCUT2D eigenvalue weighted by Crippen LogP contribution is -2.22. The topological polar surface area (TPSA) is 52.6 Å². The lowest BCUT2D eigenvalue weighted by Gasteiger charge is -2.23. The molecule has 0 spiro atoms. The minimum absolute atomic E-state index is 0.215. The predicted octanol–water partition coefficient (Wildman–Crippen LogP) is 1.47. The molecule has 0 radical (unpaired) electrons. The number of ether oxygens (including phenoxy) is 2. The first kappa shape index (κ1) is 11.5. The van der Waals surface area contributed by atoms with E-state index in [1.54, 1.807) is 0 Å². The van der Waals surface area contributed by atoms with Crippen LogP contribution in [0.15, 0.2) is 23.3 Å². The number of carbonyl (C=O) groups is 2. The zero-order chi connectivity index (χ0) is 12.9. The van der Waals surface area contributed by atoms with Crippen LogP contribution in [0.2, 0.25) is 0 Å². The number of hydrogen-bond donors (Lipinski definition) is 0. The first-order valence-electron chi connectivity index (χ1n) is 6.24. The summed E-state index contributed by atoms with van der Waals surface area (Å²) in [6, 6.07) is 0. The van der Waals surface area contributed by atoms with E-state index in [1.807, 2.05) is 12.2 Å². The van der Waals surface area contributed by atoms with E-state index in [9.17, 15) is 9.59 Å². The van der Waals surface area contributed by atoms with Crippen molar-refractivity contribution in [3.05, 3.63) is 23.3 Å². The highest BCUT2D eigenvalue weighted by Crippen LogP contribution is 2.57. The smallest absolute Gasteiger partial charge is 0.333 e. The standard InChI is InChI=1S/C14H16O4/c1-17-13(15)8-5-9-7-3-11(10(9)6-8)12(4-7)14(16)18-2/h4-5,7,9-11H,3,6H2,1-2H3/t7-,9+,10+,11-/m1/s1. The molecule has 4 nitrogen and oxygen atoms in total. The fraction of sp³-hybridized carbons (Fsp3) is 0.571. The first-order chi connectivity index (χ1) is 8.65. The Morgan fingerprint density at radius 1 is 1.17 bits per heavy atom. The Labute approximate surface area is 106 Å². The molecule has 0 N–H and O–H groups in total. The van der Waals surface area contributed by atoms with Gasteiger partial charge < -0.3 is 9.47 Å². The van der Waals surface area contributed by atoms with Crippen LogP contribution in [0.1, 0.15) is 12.8 Å². The van der Waals surface area contributed by atoms with Crippen molar-refractivity contribution in [1.82, 2.24) is 0 Å². The Balaban J connectivity index is 1.81. The van der Waals surface area contributed by atoms with Gasteiger partial charge in [-0.25, -0.2) is 9.59 Å². The highest BCUT2D eigenvalue weighted by Gasteiger charge is 2.52. The first-order valence-corrected chi connectivity index (χ1v) is 6.24. The van der Waals surface area contributed by atoms with Crippen LogP contribution >= 0.6 is 0 Å². The van der Waals surface area contributed by atoms with Crippen molar-refractivity contribution in [1.29, 1.82) is 0 Å². The third-order valence-corrected chi connectivity index (χ3v) is 4.54. The second-order valence-electron chi connectivity index (χ2n) is 5.25. The number of fused-ring (bicyclic) bond motifs is 5. The van der Waals surface area contributed by atoms with E-state index in [2.05, 4.69) is 0 Å². The van der Waals surface area contributed by atoms with Gasteiger partial charge in [-0.2, -0.15) is 0 Å². The van der Waals surface area contributed by atoms with Crippen molar-refractivity contribution in [2.75, 3.05) is 14.2 Å². The van der Waals surface area contributed by atoms with E-state index in [1.165, 1.54) is 14.2 Å². The normalized spacial score (nSPS) is 35.9. The Kier molecular flexibility index (Phi) is 2.54. The van der Waals surface area contributed by atoms with Crippen LogP contribution in [-0.2, 0) is 19.1 Å². The lowest BCUT2D eigenvalue weighted by molar-refractivity contribution is -0.137. The maximum absolute atomic E-state index is 11.7. The minimum atomic E-state index is -0.233. The molecule has 1 saturated carbocycles. The largest absolute Gasteiger partial charge is 0.466 e. The summed E-state index contributed by atoms with van der Waals surface area (Å²) < 4.78 is 9.58. The molecule has 0 aromatic carbocycles. The maximum Gasteiger partial charge on any atom is 0.333 e. The summed E-state index contributed by atoms with van der Waals surface area (Å²) >= 11 is 0. The predicted molar refractivity (Wildman–Crippen MR) is 63.4 cm³/mol. The molecule has 3 aliphatic rings. The van der Waals surface area contributed by atoms with Gasteiger partial charge in [-0.05, 0) is 36.5 Å². The van der Waals surface area contributed by atoms with E-state index in [4.69, 9.17) is 9.47 Å². The van der Waals surface area contributed by atoms with Crippen LogP contribution in [0.4, 0.5) is 0 Å². The molecular weight excluding hydrogens is 232 g/mol. The van der Waals surface area contributed by atoms with Gasteiger partial charge in [0.1, 0.15) is 0 Å². The van der Waals surface area contributed by atoms with Crippen molar-refractivity contribution in [3.63, 3.8) is 0 Å². The molecule has 96 valence electrons. The highest BCUT2D eigenvalue weighted by molar-refractivity contribution is 5.91. The zero-order valence-electron chi connectivity index (χ0n) is 10.5. The fourth-order valence-electron chi connectivity index (χ4n) is 3.80. The average Bonchev–Trinajstić information content (AvgIpc) is 3.06. The summed E-state index contributed by atoms with van der Waals surface area (Å²) in [5, 5.41) is 0. The van der Waals surface area contributed by atoms with Crippen LogP contribution in [0, 0.1) is 23.7 Å². The molecule has 18 heavy (non-hydrogen) atoms. The van der Waals surface area contributed by atoms with Crippen LogP contribution in [0.3, 0.4) is 0 Å². The van der Waals surface area contributed by atoms with Gasteiger partial charge in [-0.3, -0.25) is 0 Å². The van der Waals surface area contributed by atoms with E-state index in [0.29, 0.717) is 17.8 Å². The Morgan fingerprint density at radius 3 is 2.56 bits per heavy atom. The third-order valence-electron chi connectivity index (χ3n) is 4.54. The Morgan fingerprint density at radius 2 is 1.89 bits per heavy atom. The summed E-state index contributed by atoms with van der Waals surface area (Å²) in [6.45, 7) is 0. The Bertz CT molecular complexity index is 474. The van der Waals surface area contributed by atoms with E-state index >= 15 is 0 Å². The quantitative estimate of drug-likeness (QED) is 0.694. The van der Waals surface area contributed by atoms with E-state index in [-0.39, 0.29) is 17.9 Å². The molecule has 0 aliphatic heterocycles. The number of rotatable bonds is 2. The van der Waals surface area contributed by atoms with Crippen LogP contribution in [-0.4, -0.2) is 26.2 Å². The maximum atomic E-state index is 11.7. The second-order valence-corrected chi connectivity index (χ2v) is 5.25. The summed E-state index contributed by atoms with van der Waals surface area (Å²) in [5.74, 6) is 0.971. The van der Waals surface area contributed by atoms with Gasteiger partial charge in [0, 0.05) is 11.1 Å². The molecule has 3 aliphatic carbocycles. The van der Waals surface area contributed by atoms with E-state index < -0.39 is 0 Å². The molecular formula is C14H16O4. The highest BCUT2D eigenvalue weighted by atomic mass is 16.5. The molecule has 0 heterocycles. The summed E-state index contributed by atoms with van der Waals surface area (Å²) in [6.07, 6.45) is 5.83. The van der Waals surface area contributed by atoms with Crippen LogP contribution < -0.4 is 0 Å².